The second-order valence-electron chi connectivity index (χ2n) is 8.81. The fourth-order valence-electron chi connectivity index (χ4n) is 3.22. The molecule has 2 aromatic carbocycles. The van der Waals surface area contributed by atoms with Gasteiger partial charge < -0.3 is 15.1 Å². The van der Waals surface area contributed by atoms with Crippen LogP contribution >= 0.6 is 0 Å². The van der Waals surface area contributed by atoms with Crippen molar-refractivity contribution < 1.29 is 14.0 Å². The fraction of sp³-hybridized carbons (Fsp3) is 0.440. The Hall–Kier alpha value is -2.89. The van der Waals surface area contributed by atoms with Gasteiger partial charge in [0, 0.05) is 49.5 Å². The molecule has 0 spiro atoms. The van der Waals surface area contributed by atoms with Gasteiger partial charge in [-0.15, -0.1) is 0 Å². The van der Waals surface area contributed by atoms with Crippen LogP contribution in [0.3, 0.4) is 0 Å². The highest BCUT2D eigenvalue weighted by Gasteiger charge is 2.25. The molecule has 168 valence electrons. The zero-order chi connectivity index (χ0) is 23.3. The van der Waals surface area contributed by atoms with Crippen LogP contribution in [0.1, 0.15) is 50.5 Å². The van der Waals surface area contributed by atoms with Gasteiger partial charge in [-0.05, 0) is 60.9 Å². The summed E-state index contributed by atoms with van der Waals surface area (Å²) in [4.78, 5) is 29.3. The van der Waals surface area contributed by atoms with Crippen LogP contribution in [-0.2, 0) is 11.3 Å². The molecule has 0 bridgehead atoms. The predicted octanol–water partition coefficient (Wildman–Crippen LogP) is 5.17. The van der Waals surface area contributed by atoms with Gasteiger partial charge in [0.05, 0.1) is 0 Å². The van der Waals surface area contributed by atoms with E-state index in [4.69, 9.17) is 0 Å². The van der Waals surface area contributed by atoms with Gasteiger partial charge in [-0.2, -0.15) is 0 Å². The second kappa shape index (κ2) is 10.4. The number of hydrogen-bond acceptors (Lipinski definition) is 3. The number of nitrogens with one attached hydrogen (secondary N) is 1. The summed E-state index contributed by atoms with van der Waals surface area (Å²) in [6.45, 7) is 10.2. The Morgan fingerprint density at radius 1 is 0.968 bits per heavy atom. The lowest BCUT2D eigenvalue weighted by molar-refractivity contribution is -0.118. The van der Waals surface area contributed by atoms with Crippen molar-refractivity contribution in [3.63, 3.8) is 0 Å². The normalized spacial score (nSPS) is 12.1. The smallest absolute Gasteiger partial charge is 0.254 e. The number of carbonyl (C=O) groups is 2. The largest absolute Gasteiger partial charge is 0.377 e. The summed E-state index contributed by atoms with van der Waals surface area (Å²) in [5.41, 5.74) is 3.04. The number of halogens is 1. The van der Waals surface area contributed by atoms with Gasteiger partial charge in [-0.1, -0.05) is 27.7 Å². The van der Waals surface area contributed by atoms with Crippen LogP contribution in [0.15, 0.2) is 42.5 Å². The van der Waals surface area contributed by atoms with E-state index in [-0.39, 0.29) is 35.5 Å². The van der Waals surface area contributed by atoms with Gasteiger partial charge in [0.15, 0.2) is 0 Å². The molecule has 1 N–H and O–H groups in total. The molecule has 31 heavy (non-hydrogen) atoms. The lowest BCUT2D eigenvalue weighted by Crippen LogP contribution is -2.41. The number of anilines is 2. The van der Waals surface area contributed by atoms with Gasteiger partial charge in [0.2, 0.25) is 5.91 Å². The average Bonchev–Trinajstić information content (AvgIpc) is 2.71. The van der Waals surface area contributed by atoms with E-state index in [0.29, 0.717) is 17.8 Å². The number of carbonyl (C=O) groups excluding carboxylic acids is 2. The van der Waals surface area contributed by atoms with Crippen molar-refractivity contribution in [1.82, 2.24) is 4.90 Å². The predicted molar refractivity (Wildman–Crippen MR) is 125 cm³/mol. The van der Waals surface area contributed by atoms with E-state index >= 15 is 0 Å². The van der Waals surface area contributed by atoms with Crippen molar-refractivity contribution in [2.24, 2.45) is 11.8 Å². The van der Waals surface area contributed by atoms with Crippen molar-refractivity contribution >= 4 is 23.2 Å². The number of hydrogen-bond donors (Lipinski definition) is 1. The lowest BCUT2D eigenvalue weighted by Gasteiger charge is -2.33. The second-order valence-corrected chi connectivity index (χ2v) is 8.81. The molecule has 2 amide bonds. The summed E-state index contributed by atoms with van der Waals surface area (Å²) in [5, 5.41) is 2.94. The molecule has 0 aromatic heterocycles. The van der Waals surface area contributed by atoms with Gasteiger partial charge >= 0.3 is 0 Å². The minimum Gasteiger partial charge on any atom is -0.377 e. The van der Waals surface area contributed by atoms with Gasteiger partial charge in [0.1, 0.15) is 5.82 Å². The van der Waals surface area contributed by atoms with E-state index in [1.165, 1.54) is 24.3 Å². The van der Waals surface area contributed by atoms with E-state index in [1.54, 1.807) is 0 Å². The Morgan fingerprint density at radius 2 is 1.58 bits per heavy atom. The molecule has 6 heteroatoms. The van der Waals surface area contributed by atoms with Crippen LogP contribution in [0.2, 0.25) is 0 Å². The molecular weight excluding hydrogens is 393 g/mol. The third-order valence-electron chi connectivity index (χ3n) is 5.50. The van der Waals surface area contributed by atoms with Crippen LogP contribution in [0, 0.1) is 17.7 Å². The molecule has 0 fully saturated rings. The van der Waals surface area contributed by atoms with E-state index in [9.17, 15) is 14.0 Å². The number of rotatable bonds is 8. The van der Waals surface area contributed by atoms with E-state index in [1.807, 2.05) is 62.9 Å². The summed E-state index contributed by atoms with van der Waals surface area (Å²) in [6, 6.07) is 11.4. The lowest BCUT2D eigenvalue weighted by atomic mass is 10.0. The Balaban J connectivity index is 2.44. The van der Waals surface area contributed by atoms with Crippen molar-refractivity contribution in [2.75, 3.05) is 24.3 Å². The molecule has 0 saturated carbocycles. The van der Waals surface area contributed by atoms with Gasteiger partial charge in [0.25, 0.3) is 5.91 Å². The molecule has 2 rings (SSSR count). The fourth-order valence-corrected chi connectivity index (χ4v) is 3.22. The SMILES string of the molecule is CC(C)C(=O)Nc1ccc(N(C)C)c(CN(C(=O)c2ccc(F)cc2)C(C)C(C)C)c1. The standard InChI is InChI=1S/C25H34FN3O2/c1-16(2)18(5)29(25(31)19-8-10-21(26)11-9-19)15-20-14-22(27-24(30)17(3)4)12-13-23(20)28(6)7/h8-14,16-18H,15H2,1-7H3,(H,27,30). The number of nitrogens with zero attached hydrogens (tertiary/aromatic N) is 2. The first kappa shape index (κ1) is 24.4. The molecule has 1 unspecified atom stereocenters. The minimum atomic E-state index is -0.372. The Morgan fingerprint density at radius 3 is 2.10 bits per heavy atom. The highest BCUT2D eigenvalue weighted by molar-refractivity contribution is 5.95. The molecule has 0 aliphatic carbocycles. The molecule has 1 atom stereocenters. The molecule has 2 aromatic rings. The highest BCUT2D eigenvalue weighted by atomic mass is 19.1. The van der Waals surface area contributed by atoms with Crippen molar-refractivity contribution in [2.45, 2.75) is 47.2 Å². The number of benzene rings is 2. The number of amides is 2. The summed E-state index contributed by atoms with van der Waals surface area (Å²) >= 11 is 0. The van der Waals surface area contributed by atoms with Gasteiger partial charge in [-0.25, -0.2) is 4.39 Å². The zero-order valence-electron chi connectivity index (χ0n) is 19.6. The van der Waals surface area contributed by atoms with E-state index in [0.717, 1.165) is 11.3 Å². The van der Waals surface area contributed by atoms with Crippen LogP contribution in [0.4, 0.5) is 15.8 Å². The van der Waals surface area contributed by atoms with Crippen LogP contribution < -0.4 is 10.2 Å². The van der Waals surface area contributed by atoms with Gasteiger partial charge in [-0.3, -0.25) is 9.59 Å². The topological polar surface area (TPSA) is 52.7 Å². The first-order valence-electron chi connectivity index (χ1n) is 10.7. The molecular formula is C25H34FN3O2. The summed E-state index contributed by atoms with van der Waals surface area (Å²) in [7, 11) is 3.90. The molecule has 0 aliphatic heterocycles. The molecule has 5 nitrogen and oxygen atoms in total. The molecule has 0 aliphatic rings. The first-order valence-corrected chi connectivity index (χ1v) is 10.7. The summed E-state index contributed by atoms with van der Waals surface area (Å²) in [6.07, 6.45) is 0. The quantitative estimate of drug-likeness (QED) is 0.632. The Labute approximate surface area is 185 Å². The van der Waals surface area contributed by atoms with E-state index < -0.39 is 0 Å². The minimum absolute atomic E-state index is 0.0403. The van der Waals surface area contributed by atoms with Crippen molar-refractivity contribution in [3.05, 3.63) is 59.4 Å². The van der Waals surface area contributed by atoms with Crippen LogP contribution in [-0.4, -0.2) is 36.9 Å². The van der Waals surface area contributed by atoms with Crippen molar-refractivity contribution in [3.8, 4) is 0 Å². The average molecular weight is 428 g/mol. The van der Waals surface area contributed by atoms with Crippen LogP contribution in [0.25, 0.3) is 0 Å². The maximum Gasteiger partial charge on any atom is 0.254 e. The molecule has 0 saturated heterocycles. The summed E-state index contributed by atoms with van der Waals surface area (Å²) in [5.74, 6) is -0.477. The van der Waals surface area contributed by atoms with E-state index in [2.05, 4.69) is 19.2 Å². The monoisotopic (exact) mass is 427 g/mol. The maximum atomic E-state index is 13.4. The van der Waals surface area contributed by atoms with Crippen molar-refractivity contribution in [1.29, 1.82) is 0 Å². The highest BCUT2D eigenvalue weighted by Crippen LogP contribution is 2.27. The zero-order valence-corrected chi connectivity index (χ0v) is 19.6. The molecule has 0 heterocycles. The molecule has 0 radical (unpaired) electrons. The Kier molecular flexibility index (Phi) is 8.20. The Bertz CT molecular complexity index is 907. The first-order chi connectivity index (χ1) is 14.5. The third kappa shape index (κ3) is 6.29. The summed E-state index contributed by atoms with van der Waals surface area (Å²) < 4.78 is 13.4. The van der Waals surface area contributed by atoms with Crippen LogP contribution in [0.5, 0.6) is 0 Å². The third-order valence-corrected chi connectivity index (χ3v) is 5.50. The maximum absolute atomic E-state index is 13.4.